The first-order valence-electron chi connectivity index (χ1n) is 7.98. The zero-order valence-corrected chi connectivity index (χ0v) is 14.1. The number of aromatic nitrogens is 2. The molecule has 0 radical (unpaired) electrons. The van der Waals surface area contributed by atoms with Crippen LogP contribution < -0.4 is 5.32 Å². The summed E-state index contributed by atoms with van der Waals surface area (Å²) in [4.78, 5) is 27.5. The number of hydrogen-bond donors (Lipinski definition) is 1. The maximum Gasteiger partial charge on any atom is 0.306 e. The number of amides is 1. The maximum atomic E-state index is 11.7. The Labute approximate surface area is 149 Å². The Hall–Kier alpha value is -3.42. The second-order valence-electron chi connectivity index (χ2n) is 5.58. The summed E-state index contributed by atoms with van der Waals surface area (Å²) >= 11 is 0. The van der Waals surface area contributed by atoms with Gasteiger partial charge in [-0.05, 0) is 6.92 Å². The molecule has 1 amide bonds. The van der Waals surface area contributed by atoms with Crippen LogP contribution in [-0.4, -0.2) is 28.6 Å². The highest BCUT2D eigenvalue weighted by Crippen LogP contribution is 2.21. The highest BCUT2D eigenvalue weighted by atomic mass is 16.5. The van der Waals surface area contributed by atoms with E-state index in [1.807, 2.05) is 31.2 Å². The fourth-order valence-electron chi connectivity index (χ4n) is 2.16. The summed E-state index contributed by atoms with van der Waals surface area (Å²) in [7, 11) is 0. The number of oxazole rings is 1. The number of rotatable bonds is 7. The van der Waals surface area contributed by atoms with E-state index in [9.17, 15) is 9.59 Å². The number of nitrogens with one attached hydrogen (secondary N) is 1. The number of anilines is 1. The van der Waals surface area contributed by atoms with Gasteiger partial charge in [-0.2, -0.15) is 0 Å². The molecule has 26 heavy (non-hydrogen) atoms. The number of carbonyl (C=O) groups excluding carboxylic acids is 2. The van der Waals surface area contributed by atoms with E-state index in [1.165, 1.54) is 12.3 Å². The minimum Gasteiger partial charge on any atom is -0.456 e. The molecule has 1 N–H and O–H groups in total. The molecule has 0 atom stereocenters. The van der Waals surface area contributed by atoms with Gasteiger partial charge in [-0.3, -0.25) is 9.59 Å². The van der Waals surface area contributed by atoms with Crippen molar-refractivity contribution in [2.45, 2.75) is 19.8 Å². The summed E-state index contributed by atoms with van der Waals surface area (Å²) in [6.45, 7) is 1.61. The molecule has 0 saturated carbocycles. The molecule has 8 heteroatoms. The predicted molar refractivity (Wildman–Crippen MR) is 91.1 cm³/mol. The molecule has 0 bridgehead atoms. The van der Waals surface area contributed by atoms with Crippen molar-refractivity contribution in [1.82, 2.24) is 10.1 Å². The zero-order valence-electron chi connectivity index (χ0n) is 14.1. The molecule has 1 aromatic carbocycles. The maximum absolute atomic E-state index is 11.7. The van der Waals surface area contributed by atoms with E-state index < -0.39 is 18.5 Å². The second kappa shape index (κ2) is 8.11. The second-order valence-corrected chi connectivity index (χ2v) is 5.58. The fraction of sp³-hybridized carbons (Fsp3) is 0.222. The van der Waals surface area contributed by atoms with Crippen molar-refractivity contribution in [3.8, 4) is 11.3 Å². The van der Waals surface area contributed by atoms with Crippen LogP contribution in [0.25, 0.3) is 11.3 Å². The van der Waals surface area contributed by atoms with Gasteiger partial charge in [0, 0.05) is 18.1 Å². The van der Waals surface area contributed by atoms with Crippen LogP contribution in [0.15, 0.2) is 51.7 Å². The molecule has 0 aliphatic rings. The summed E-state index contributed by atoms with van der Waals surface area (Å²) < 4.78 is 15.1. The average Bonchev–Trinajstić information content (AvgIpc) is 3.31. The molecular weight excluding hydrogens is 338 g/mol. The van der Waals surface area contributed by atoms with Crippen LogP contribution in [0.2, 0.25) is 0 Å². The molecule has 2 aromatic heterocycles. The summed E-state index contributed by atoms with van der Waals surface area (Å²) in [6, 6.07) is 9.34. The SMILES string of the molecule is Cc1ccc(-c2cnc(CCC(=O)OCC(=O)Nc3ccon3)o2)cc1. The summed E-state index contributed by atoms with van der Waals surface area (Å²) in [6.07, 6.45) is 3.29. The van der Waals surface area contributed by atoms with E-state index >= 15 is 0 Å². The monoisotopic (exact) mass is 355 g/mol. The number of benzene rings is 1. The van der Waals surface area contributed by atoms with Gasteiger partial charge in [-0.25, -0.2) is 4.98 Å². The van der Waals surface area contributed by atoms with Crippen LogP contribution in [0.3, 0.4) is 0 Å². The minimum atomic E-state index is -0.518. The molecule has 3 rings (SSSR count). The standard InChI is InChI=1S/C18H17N3O5/c1-12-2-4-13(5-3-12)14-10-19-17(26-14)6-7-18(23)24-11-16(22)20-15-8-9-25-21-15/h2-5,8-10H,6-7,11H2,1H3,(H,20,21,22). The van der Waals surface area contributed by atoms with Gasteiger partial charge in [0.25, 0.3) is 5.91 Å². The predicted octanol–water partition coefficient (Wildman–Crippen LogP) is 2.75. The summed E-state index contributed by atoms with van der Waals surface area (Å²) in [5, 5.41) is 5.95. The average molecular weight is 355 g/mol. The van der Waals surface area contributed by atoms with Crippen molar-refractivity contribution in [3.05, 3.63) is 54.2 Å². The number of nitrogens with zero attached hydrogens (tertiary/aromatic N) is 2. The van der Waals surface area contributed by atoms with Gasteiger partial charge in [0.2, 0.25) is 0 Å². The van der Waals surface area contributed by atoms with Gasteiger partial charge in [-0.1, -0.05) is 35.0 Å². The van der Waals surface area contributed by atoms with Gasteiger partial charge >= 0.3 is 5.97 Å². The summed E-state index contributed by atoms with van der Waals surface area (Å²) in [5.74, 6) is 0.319. The lowest BCUT2D eigenvalue weighted by molar-refractivity contribution is -0.147. The lowest BCUT2D eigenvalue weighted by atomic mass is 10.1. The molecule has 0 spiro atoms. The first-order valence-corrected chi connectivity index (χ1v) is 7.98. The third-order valence-electron chi connectivity index (χ3n) is 3.50. The third kappa shape index (κ3) is 4.79. The van der Waals surface area contributed by atoms with Crippen LogP contribution in [0.4, 0.5) is 5.82 Å². The lowest BCUT2D eigenvalue weighted by Crippen LogP contribution is -2.21. The first kappa shape index (κ1) is 17.4. The van der Waals surface area contributed by atoms with E-state index in [4.69, 9.17) is 9.15 Å². The fourth-order valence-corrected chi connectivity index (χ4v) is 2.16. The van der Waals surface area contributed by atoms with Crippen molar-refractivity contribution >= 4 is 17.7 Å². The molecule has 3 aromatic rings. The quantitative estimate of drug-likeness (QED) is 0.649. The Balaban J connectivity index is 1.43. The Morgan fingerprint density at radius 1 is 1.19 bits per heavy atom. The van der Waals surface area contributed by atoms with Gasteiger partial charge < -0.3 is 19.0 Å². The van der Waals surface area contributed by atoms with Crippen LogP contribution in [0, 0.1) is 6.92 Å². The molecule has 2 heterocycles. The molecular formula is C18H17N3O5. The van der Waals surface area contributed by atoms with E-state index in [-0.39, 0.29) is 18.7 Å². The molecule has 134 valence electrons. The Kier molecular flexibility index (Phi) is 5.43. The number of carbonyl (C=O) groups is 2. The minimum absolute atomic E-state index is 0.0606. The van der Waals surface area contributed by atoms with Crippen molar-refractivity contribution in [2.75, 3.05) is 11.9 Å². The first-order chi connectivity index (χ1) is 12.6. The Morgan fingerprint density at radius 3 is 2.73 bits per heavy atom. The van der Waals surface area contributed by atoms with Crippen molar-refractivity contribution < 1.29 is 23.3 Å². The van der Waals surface area contributed by atoms with E-state index in [0.29, 0.717) is 11.7 Å². The number of esters is 1. The molecule has 0 unspecified atom stereocenters. The highest BCUT2D eigenvalue weighted by Gasteiger charge is 2.12. The van der Waals surface area contributed by atoms with Gasteiger partial charge in [0.15, 0.2) is 24.1 Å². The lowest BCUT2D eigenvalue weighted by Gasteiger charge is -2.03. The zero-order chi connectivity index (χ0) is 18.4. The van der Waals surface area contributed by atoms with E-state index in [1.54, 1.807) is 6.20 Å². The number of aryl methyl sites for hydroxylation is 2. The van der Waals surface area contributed by atoms with E-state index in [0.717, 1.165) is 11.1 Å². The topological polar surface area (TPSA) is 107 Å². The van der Waals surface area contributed by atoms with Crippen LogP contribution >= 0.6 is 0 Å². The smallest absolute Gasteiger partial charge is 0.306 e. The van der Waals surface area contributed by atoms with Crippen molar-refractivity contribution in [2.24, 2.45) is 0 Å². The van der Waals surface area contributed by atoms with Crippen LogP contribution in [0.5, 0.6) is 0 Å². The van der Waals surface area contributed by atoms with Gasteiger partial charge in [0.05, 0.1) is 12.6 Å². The normalized spacial score (nSPS) is 10.5. The molecule has 0 aliphatic heterocycles. The molecule has 0 fully saturated rings. The van der Waals surface area contributed by atoms with Crippen molar-refractivity contribution in [3.63, 3.8) is 0 Å². The molecule has 0 aliphatic carbocycles. The number of ether oxygens (including phenoxy) is 1. The van der Waals surface area contributed by atoms with Crippen molar-refractivity contribution in [1.29, 1.82) is 0 Å². The molecule has 8 nitrogen and oxygen atoms in total. The Morgan fingerprint density at radius 2 is 2.00 bits per heavy atom. The summed E-state index contributed by atoms with van der Waals surface area (Å²) in [5.41, 5.74) is 2.07. The highest BCUT2D eigenvalue weighted by molar-refractivity contribution is 5.91. The van der Waals surface area contributed by atoms with E-state index in [2.05, 4.69) is 20.0 Å². The third-order valence-corrected chi connectivity index (χ3v) is 3.50. The number of hydrogen-bond acceptors (Lipinski definition) is 7. The molecule has 0 saturated heterocycles. The Bertz CT molecular complexity index is 869. The largest absolute Gasteiger partial charge is 0.456 e. The van der Waals surface area contributed by atoms with Crippen LogP contribution in [0.1, 0.15) is 17.9 Å². The van der Waals surface area contributed by atoms with Crippen LogP contribution in [-0.2, 0) is 20.7 Å². The van der Waals surface area contributed by atoms with Gasteiger partial charge in [0.1, 0.15) is 6.26 Å². The van der Waals surface area contributed by atoms with Gasteiger partial charge in [-0.15, -0.1) is 0 Å².